The number of para-hydroxylation sites is 1. The molecule has 2 saturated heterocycles. The van der Waals surface area contributed by atoms with Crippen LogP contribution in [0.4, 0.5) is 5.69 Å². The van der Waals surface area contributed by atoms with E-state index in [1.54, 1.807) is 0 Å². The van der Waals surface area contributed by atoms with Crippen molar-refractivity contribution in [1.29, 1.82) is 0 Å². The number of anilines is 1. The van der Waals surface area contributed by atoms with Crippen molar-refractivity contribution in [2.24, 2.45) is 4.99 Å². The third-order valence-corrected chi connectivity index (χ3v) is 6.28. The van der Waals surface area contributed by atoms with Crippen LogP contribution in [-0.2, 0) is 17.9 Å². The summed E-state index contributed by atoms with van der Waals surface area (Å²) >= 11 is 0. The van der Waals surface area contributed by atoms with Crippen LogP contribution in [0, 0.1) is 0 Å². The average Bonchev–Trinajstić information content (AvgIpc) is 3.20. The standard InChI is InChI=1S/C26H35N5O2.HI/c1-2-27-26(29-22-16-25(33)31(19-22)23-6-4-3-5-7-23)28-17-20-8-10-21(11-9-20)18-30-14-12-24(32)13-15-30;/h3-11,22,24,32H,2,12-19H2,1H3,(H2,27,28,29);1H. The maximum Gasteiger partial charge on any atom is 0.229 e. The summed E-state index contributed by atoms with van der Waals surface area (Å²) in [5.74, 6) is 0.870. The number of guanidine groups is 1. The van der Waals surface area contributed by atoms with Crippen LogP contribution in [0.1, 0.15) is 37.3 Å². The minimum atomic E-state index is -0.134. The number of carbonyl (C=O) groups is 1. The summed E-state index contributed by atoms with van der Waals surface area (Å²) in [6.45, 7) is 6.85. The molecular formula is C26H36IN5O2. The number of aliphatic hydroxyl groups excluding tert-OH is 1. The number of aliphatic imine (C=N–C) groups is 1. The molecule has 0 aromatic heterocycles. The number of carbonyl (C=O) groups excluding carboxylic acids is 1. The van der Waals surface area contributed by atoms with E-state index in [4.69, 9.17) is 4.99 Å². The maximum atomic E-state index is 12.5. The molecule has 0 saturated carbocycles. The molecule has 4 rings (SSSR count). The predicted molar refractivity (Wildman–Crippen MR) is 148 cm³/mol. The quantitative estimate of drug-likeness (QED) is 0.268. The highest BCUT2D eigenvalue weighted by Crippen LogP contribution is 2.21. The molecule has 2 heterocycles. The molecule has 1 unspecified atom stereocenters. The van der Waals surface area contributed by atoms with Crippen molar-refractivity contribution < 1.29 is 9.90 Å². The molecule has 184 valence electrons. The van der Waals surface area contributed by atoms with Gasteiger partial charge in [-0.25, -0.2) is 4.99 Å². The minimum absolute atomic E-state index is 0. The molecule has 2 aliphatic rings. The van der Waals surface area contributed by atoms with Gasteiger partial charge in [-0.3, -0.25) is 9.69 Å². The molecule has 2 aromatic carbocycles. The number of nitrogens with one attached hydrogen (secondary N) is 2. The summed E-state index contributed by atoms with van der Waals surface area (Å²) in [5, 5.41) is 16.4. The molecule has 0 spiro atoms. The van der Waals surface area contributed by atoms with Gasteiger partial charge in [-0.1, -0.05) is 42.5 Å². The van der Waals surface area contributed by atoms with Gasteiger partial charge in [0.2, 0.25) is 5.91 Å². The monoisotopic (exact) mass is 577 g/mol. The smallest absolute Gasteiger partial charge is 0.229 e. The first kappa shape index (κ1) is 26.4. The van der Waals surface area contributed by atoms with Crippen LogP contribution in [-0.4, -0.2) is 60.2 Å². The Bertz CT molecular complexity index is 930. The number of piperidine rings is 1. The lowest BCUT2D eigenvalue weighted by Crippen LogP contribution is -2.44. The van der Waals surface area contributed by atoms with Crippen LogP contribution in [0.25, 0.3) is 0 Å². The Kier molecular flexibility index (Phi) is 10.2. The Balaban J connectivity index is 0.00000324. The largest absolute Gasteiger partial charge is 0.393 e. The van der Waals surface area contributed by atoms with E-state index in [2.05, 4.69) is 39.8 Å². The molecule has 2 aromatic rings. The normalized spacial score (nSPS) is 19.7. The van der Waals surface area contributed by atoms with Crippen LogP contribution >= 0.6 is 24.0 Å². The molecule has 2 fully saturated rings. The fourth-order valence-electron chi connectivity index (χ4n) is 4.43. The van der Waals surface area contributed by atoms with Crippen molar-refractivity contribution in [1.82, 2.24) is 15.5 Å². The van der Waals surface area contributed by atoms with Crippen molar-refractivity contribution in [3.05, 3.63) is 65.7 Å². The van der Waals surface area contributed by atoms with Gasteiger partial charge < -0.3 is 20.6 Å². The third-order valence-electron chi connectivity index (χ3n) is 6.28. The van der Waals surface area contributed by atoms with Gasteiger partial charge in [0.25, 0.3) is 0 Å². The molecule has 2 aliphatic heterocycles. The van der Waals surface area contributed by atoms with E-state index in [0.717, 1.165) is 56.2 Å². The molecule has 1 amide bonds. The summed E-state index contributed by atoms with van der Waals surface area (Å²) < 4.78 is 0. The lowest BCUT2D eigenvalue weighted by Gasteiger charge is -2.29. The van der Waals surface area contributed by atoms with Gasteiger partial charge in [-0.15, -0.1) is 24.0 Å². The second-order valence-corrected chi connectivity index (χ2v) is 8.90. The lowest BCUT2D eigenvalue weighted by atomic mass is 10.1. The molecule has 0 aliphatic carbocycles. The number of benzene rings is 2. The first-order valence-electron chi connectivity index (χ1n) is 12.0. The molecule has 8 heteroatoms. The summed E-state index contributed by atoms with van der Waals surface area (Å²) in [6.07, 6.45) is 2.05. The fourth-order valence-corrected chi connectivity index (χ4v) is 4.43. The molecule has 0 bridgehead atoms. The van der Waals surface area contributed by atoms with Crippen molar-refractivity contribution in [2.75, 3.05) is 31.1 Å². The van der Waals surface area contributed by atoms with Gasteiger partial charge in [0.05, 0.1) is 18.7 Å². The number of halogens is 1. The third kappa shape index (κ3) is 7.41. The summed E-state index contributed by atoms with van der Waals surface area (Å²) in [4.78, 5) is 21.5. The molecular weight excluding hydrogens is 541 g/mol. The zero-order chi connectivity index (χ0) is 23.0. The maximum absolute atomic E-state index is 12.5. The zero-order valence-corrected chi connectivity index (χ0v) is 22.2. The van der Waals surface area contributed by atoms with Crippen molar-refractivity contribution in [3.8, 4) is 0 Å². The average molecular weight is 578 g/mol. The van der Waals surface area contributed by atoms with Crippen LogP contribution in [0.15, 0.2) is 59.6 Å². The summed E-state index contributed by atoms with van der Waals surface area (Å²) in [7, 11) is 0. The highest BCUT2D eigenvalue weighted by atomic mass is 127. The Morgan fingerprint density at radius 2 is 1.74 bits per heavy atom. The van der Waals surface area contributed by atoms with Crippen molar-refractivity contribution in [3.63, 3.8) is 0 Å². The number of nitrogens with zero attached hydrogens (tertiary/aromatic N) is 3. The molecule has 1 atom stereocenters. The Morgan fingerprint density at radius 3 is 2.41 bits per heavy atom. The van der Waals surface area contributed by atoms with Gasteiger partial charge in [0, 0.05) is 44.8 Å². The van der Waals surface area contributed by atoms with E-state index in [1.807, 2.05) is 42.2 Å². The number of hydrogen-bond acceptors (Lipinski definition) is 4. The van der Waals surface area contributed by atoms with Crippen LogP contribution in [0.2, 0.25) is 0 Å². The van der Waals surface area contributed by atoms with E-state index >= 15 is 0 Å². The molecule has 34 heavy (non-hydrogen) atoms. The van der Waals surface area contributed by atoms with Crippen molar-refractivity contribution >= 4 is 41.5 Å². The van der Waals surface area contributed by atoms with Crippen LogP contribution in [0.5, 0.6) is 0 Å². The van der Waals surface area contributed by atoms with E-state index in [1.165, 1.54) is 5.56 Å². The molecule has 3 N–H and O–H groups in total. The highest BCUT2D eigenvalue weighted by molar-refractivity contribution is 14.0. The molecule has 0 radical (unpaired) electrons. The second-order valence-electron chi connectivity index (χ2n) is 8.90. The SMILES string of the molecule is CCNC(=NCc1ccc(CN2CCC(O)CC2)cc1)NC1CC(=O)N(c2ccccc2)C1.I. The summed E-state index contributed by atoms with van der Waals surface area (Å²) in [5.41, 5.74) is 3.38. The predicted octanol–water partition coefficient (Wildman–Crippen LogP) is 3.12. The molecule has 7 nitrogen and oxygen atoms in total. The zero-order valence-electron chi connectivity index (χ0n) is 19.8. The number of likely N-dealkylation sites (tertiary alicyclic amines) is 1. The number of amides is 1. The Labute approximate surface area is 219 Å². The van der Waals surface area contributed by atoms with Gasteiger partial charge in [0.15, 0.2) is 5.96 Å². The van der Waals surface area contributed by atoms with Gasteiger partial charge in [-0.05, 0) is 43.0 Å². The number of rotatable bonds is 7. The Hall–Kier alpha value is -2.17. The van der Waals surface area contributed by atoms with E-state index in [-0.39, 0.29) is 42.0 Å². The summed E-state index contributed by atoms with van der Waals surface area (Å²) in [6, 6.07) is 18.5. The van der Waals surface area contributed by atoms with E-state index in [9.17, 15) is 9.90 Å². The highest BCUT2D eigenvalue weighted by Gasteiger charge is 2.31. The van der Waals surface area contributed by atoms with Gasteiger partial charge in [0.1, 0.15) is 0 Å². The van der Waals surface area contributed by atoms with Gasteiger partial charge >= 0.3 is 0 Å². The van der Waals surface area contributed by atoms with Crippen molar-refractivity contribution in [2.45, 2.75) is 51.4 Å². The Morgan fingerprint density at radius 1 is 1.06 bits per heavy atom. The lowest BCUT2D eigenvalue weighted by molar-refractivity contribution is -0.117. The first-order chi connectivity index (χ1) is 16.1. The van der Waals surface area contributed by atoms with Gasteiger partial charge in [-0.2, -0.15) is 0 Å². The van der Waals surface area contributed by atoms with Crippen LogP contribution in [0.3, 0.4) is 0 Å². The topological polar surface area (TPSA) is 80.2 Å². The minimum Gasteiger partial charge on any atom is -0.393 e. The van der Waals surface area contributed by atoms with Crippen LogP contribution < -0.4 is 15.5 Å². The fraction of sp³-hybridized carbons (Fsp3) is 0.462. The number of hydrogen-bond donors (Lipinski definition) is 3. The number of aliphatic hydroxyl groups is 1. The van der Waals surface area contributed by atoms with E-state index < -0.39 is 0 Å². The first-order valence-corrected chi connectivity index (χ1v) is 12.0. The van der Waals surface area contributed by atoms with E-state index in [0.29, 0.717) is 19.5 Å². The second kappa shape index (κ2) is 13.1.